The predicted molar refractivity (Wildman–Crippen MR) is 203 cm³/mol. The van der Waals surface area contributed by atoms with Gasteiger partial charge in [-0.15, -0.1) is 0 Å². The molecule has 50 heavy (non-hydrogen) atoms. The number of hydrogen-bond donors (Lipinski definition) is 0. The Hall–Kier alpha value is -6.85. The number of para-hydroxylation sites is 3. The zero-order valence-electron chi connectivity index (χ0n) is 26.9. The average Bonchev–Trinajstić information content (AvgIpc) is 3.74. The highest BCUT2D eigenvalue weighted by Crippen LogP contribution is 2.44. The molecule has 0 saturated carbocycles. The summed E-state index contributed by atoms with van der Waals surface area (Å²) in [4.78, 5) is 15.5. The summed E-state index contributed by atoms with van der Waals surface area (Å²) >= 11 is 0. The number of fused-ring (bicyclic) bond motifs is 6. The van der Waals surface area contributed by atoms with Crippen molar-refractivity contribution in [1.82, 2.24) is 19.5 Å². The van der Waals surface area contributed by atoms with Gasteiger partial charge in [-0.2, -0.15) is 0 Å². The molecule has 0 unspecified atom stereocenters. The van der Waals surface area contributed by atoms with Gasteiger partial charge < -0.3 is 8.98 Å². The lowest BCUT2D eigenvalue weighted by Gasteiger charge is -2.15. The van der Waals surface area contributed by atoms with E-state index in [4.69, 9.17) is 19.4 Å². The second-order valence-electron chi connectivity index (χ2n) is 12.4. The van der Waals surface area contributed by atoms with Gasteiger partial charge in [-0.3, -0.25) is 0 Å². The topological polar surface area (TPSA) is 56.7 Å². The van der Waals surface area contributed by atoms with Gasteiger partial charge in [0.2, 0.25) is 0 Å². The maximum Gasteiger partial charge on any atom is 0.164 e. The van der Waals surface area contributed by atoms with Gasteiger partial charge in [-0.05, 0) is 53.6 Å². The van der Waals surface area contributed by atoms with Crippen LogP contribution >= 0.6 is 0 Å². The van der Waals surface area contributed by atoms with Crippen molar-refractivity contribution in [2.75, 3.05) is 0 Å². The lowest BCUT2D eigenvalue weighted by molar-refractivity contribution is 0.669. The van der Waals surface area contributed by atoms with Crippen LogP contribution in [0.15, 0.2) is 174 Å². The number of rotatable bonds is 5. The van der Waals surface area contributed by atoms with Crippen molar-refractivity contribution in [2.24, 2.45) is 0 Å². The van der Waals surface area contributed by atoms with E-state index in [9.17, 15) is 0 Å². The third-order valence-corrected chi connectivity index (χ3v) is 9.46. The second kappa shape index (κ2) is 11.4. The molecule has 0 radical (unpaired) electrons. The standard InChI is InChI=1S/C45H28N4O/c1-4-15-29(16-5-1)43-46-44(30-17-6-2-7-18-30)48-45(47-43)37-28-39-36(32-21-10-12-24-38(32)49(39)31-19-8-3-9-20-31)27-35(37)33-23-14-26-41-42(33)34-22-11-13-25-40(34)50-41/h1-28H. The van der Waals surface area contributed by atoms with Crippen molar-refractivity contribution in [1.29, 1.82) is 0 Å². The van der Waals surface area contributed by atoms with Crippen LogP contribution in [0.5, 0.6) is 0 Å². The molecule has 0 spiro atoms. The fraction of sp³-hybridized carbons (Fsp3) is 0. The Bertz CT molecular complexity index is 2800. The van der Waals surface area contributed by atoms with Crippen molar-refractivity contribution < 1.29 is 4.42 Å². The monoisotopic (exact) mass is 640 g/mol. The highest BCUT2D eigenvalue weighted by atomic mass is 16.3. The highest BCUT2D eigenvalue weighted by molar-refractivity contribution is 6.17. The Morgan fingerprint density at radius 1 is 0.380 bits per heavy atom. The molecular weight excluding hydrogens is 613 g/mol. The predicted octanol–water partition coefficient (Wildman–Crippen LogP) is 11.5. The Labute approximate surface area is 287 Å². The van der Waals surface area contributed by atoms with E-state index in [1.54, 1.807) is 0 Å². The van der Waals surface area contributed by atoms with Crippen molar-refractivity contribution in [3.63, 3.8) is 0 Å². The van der Waals surface area contributed by atoms with E-state index in [0.29, 0.717) is 17.5 Å². The molecular formula is C45H28N4O. The third-order valence-electron chi connectivity index (χ3n) is 9.46. The quantitative estimate of drug-likeness (QED) is 0.188. The molecule has 0 aliphatic carbocycles. The van der Waals surface area contributed by atoms with E-state index in [1.807, 2.05) is 78.9 Å². The number of nitrogens with zero attached hydrogens (tertiary/aromatic N) is 4. The minimum Gasteiger partial charge on any atom is -0.456 e. The summed E-state index contributed by atoms with van der Waals surface area (Å²) in [5.74, 6) is 1.84. The molecule has 3 heterocycles. The summed E-state index contributed by atoms with van der Waals surface area (Å²) in [5.41, 5.74) is 9.84. The second-order valence-corrected chi connectivity index (χ2v) is 12.4. The van der Waals surface area contributed by atoms with Crippen LogP contribution in [0, 0.1) is 0 Å². The molecule has 10 rings (SSSR count). The molecule has 234 valence electrons. The van der Waals surface area contributed by atoms with Crippen LogP contribution in [0.25, 0.3) is 94.7 Å². The molecule has 0 atom stereocenters. The van der Waals surface area contributed by atoms with Gasteiger partial charge in [0, 0.05) is 43.9 Å². The van der Waals surface area contributed by atoms with Gasteiger partial charge in [-0.1, -0.05) is 127 Å². The summed E-state index contributed by atoms with van der Waals surface area (Å²) in [6.07, 6.45) is 0. The third kappa shape index (κ3) is 4.52. The molecule has 0 saturated heterocycles. The summed E-state index contributed by atoms with van der Waals surface area (Å²) in [5, 5.41) is 4.46. The highest BCUT2D eigenvalue weighted by Gasteiger charge is 2.22. The molecule has 10 aromatic rings. The van der Waals surface area contributed by atoms with Gasteiger partial charge in [-0.25, -0.2) is 15.0 Å². The number of aromatic nitrogens is 4. The van der Waals surface area contributed by atoms with Crippen LogP contribution in [0.2, 0.25) is 0 Å². The Balaban J connectivity index is 1.36. The van der Waals surface area contributed by atoms with Crippen LogP contribution in [0.3, 0.4) is 0 Å². The smallest absolute Gasteiger partial charge is 0.164 e. The van der Waals surface area contributed by atoms with Crippen LogP contribution in [-0.2, 0) is 0 Å². The largest absolute Gasteiger partial charge is 0.456 e. The van der Waals surface area contributed by atoms with E-state index in [-0.39, 0.29) is 0 Å². The first-order chi connectivity index (χ1) is 24.8. The molecule has 0 fully saturated rings. The average molecular weight is 641 g/mol. The zero-order valence-corrected chi connectivity index (χ0v) is 26.9. The Morgan fingerprint density at radius 2 is 0.960 bits per heavy atom. The fourth-order valence-electron chi connectivity index (χ4n) is 7.21. The molecule has 7 aromatic carbocycles. The number of furan rings is 1. The molecule has 0 N–H and O–H groups in total. The molecule has 0 bridgehead atoms. The van der Waals surface area contributed by atoms with Crippen LogP contribution in [0.4, 0.5) is 0 Å². The summed E-state index contributed by atoms with van der Waals surface area (Å²) in [6.45, 7) is 0. The van der Waals surface area contributed by atoms with Crippen molar-refractivity contribution >= 4 is 43.7 Å². The zero-order chi connectivity index (χ0) is 33.0. The first-order valence-electron chi connectivity index (χ1n) is 16.7. The molecule has 5 heteroatoms. The molecule has 0 amide bonds. The number of hydrogen-bond acceptors (Lipinski definition) is 4. The van der Waals surface area contributed by atoms with Crippen LogP contribution in [0.1, 0.15) is 0 Å². The van der Waals surface area contributed by atoms with E-state index in [1.165, 1.54) is 5.39 Å². The maximum absolute atomic E-state index is 6.39. The maximum atomic E-state index is 6.39. The van der Waals surface area contributed by atoms with Gasteiger partial charge in [0.1, 0.15) is 11.2 Å². The fourth-order valence-corrected chi connectivity index (χ4v) is 7.21. The Kier molecular flexibility index (Phi) is 6.42. The van der Waals surface area contributed by atoms with Gasteiger partial charge >= 0.3 is 0 Å². The first kappa shape index (κ1) is 28.2. The minimum absolute atomic E-state index is 0.601. The first-order valence-corrected chi connectivity index (χ1v) is 16.7. The van der Waals surface area contributed by atoms with Gasteiger partial charge in [0.05, 0.1) is 11.0 Å². The summed E-state index contributed by atoms with van der Waals surface area (Å²) < 4.78 is 8.72. The van der Waals surface area contributed by atoms with Crippen molar-refractivity contribution in [3.8, 4) is 51.0 Å². The van der Waals surface area contributed by atoms with E-state index in [2.05, 4.69) is 95.6 Å². The van der Waals surface area contributed by atoms with E-state index >= 15 is 0 Å². The Morgan fingerprint density at radius 3 is 1.68 bits per heavy atom. The number of benzene rings is 7. The summed E-state index contributed by atoms with van der Waals surface area (Å²) in [7, 11) is 0. The van der Waals surface area contributed by atoms with E-state index in [0.717, 1.165) is 71.9 Å². The molecule has 0 aliphatic heterocycles. The minimum atomic E-state index is 0.601. The van der Waals surface area contributed by atoms with Crippen molar-refractivity contribution in [2.45, 2.75) is 0 Å². The van der Waals surface area contributed by atoms with Gasteiger partial charge in [0.25, 0.3) is 0 Å². The lowest BCUT2D eigenvalue weighted by atomic mass is 9.93. The summed E-state index contributed by atoms with van der Waals surface area (Å²) in [6, 6.07) is 58.5. The molecule has 3 aromatic heterocycles. The SMILES string of the molecule is c1ccc(-c2nc(-c3ccccc3)nc(-c3cc4c(cc3-c3cccc5oc6ccccc6c35)c3ccccc3n4-c3ccccc3)n2)cc1. The van der Waals surface area contributed by atoms with Crippen LogP contribution < -0.4 is 0 Å². The van der Waals surface area contributed by atoms with Gasteiger partial charge in [0.15, 0.2) is 17.5 Å². The lowest BCUT2D eigenvalue weighted by Crippen LogP contribution is -2.02. The molecule has 0 aliphatic rings. The molecule has 5 nitrogen and oxygen atoms in total. The normalized spacial score (nSPS) is 11.6. The van der Waals surface area contributed by atoms with Crippen LogP contribution in [-0.4, -0.2) is 19.5 Å². The van der Waals surface area contributed by atoms with Crippen molar-refractivity contribution in [3.05, 3.63) is 170 Å². The van der Waals surface area contributed by atoms with E-state index < -0.39 is 0 Å².